The van der Waals surface area contributed by atoms with E-state index in [4.69, 9.17) is 28.5 Å². The Morgan fingerprint density at radius 2 is 2.40 bits per heavy atom. The Morgan fingerprint density at radius 3 is 2.90 bits per heavy atom. The second-order valence-electron chi connectivity index (χ2n) is 4.54. The number of alkyl halides is 1. The number of aryl methyl sites for hydroxylation is 1. The Kier molecular flexibility index (Phi) is 3.75. The highest BCUT2D eigenvalue weighted by Gasteiger charge is 2.55. The average Bonchev–Trinajstić information content (AvgIpc) is 2.63. The fourth-order valence-corrected chi connectivity index (χ4v) is 2.51. The molecule has 1 aromatic rings. The molecule has 0 amide bonds. The number of hydrogen-bond acceptors (Lipinski definition) is 6. The Hall–Kier alpha value is -1.59. The molecule has 1 aliphatic rings. The number of aliphatic hydroxyl groups excluding tert-OH is 2. The molecule has 7 nitrogen and oxygen atoms in total. The third-order valence-electron chi connectivity index (χ3n) is 3.25. The van der Waals surface area contributed by atoms with E-state index in [1.54, 1.807) is 6.92 Å². The van der Waals surface area contributed by atoms with Crippen LogP contribution in [-0.4, -0.2) is 43.5 Å². The number of nitrogen functional groups attached to an aromatic ring is 1. The van der Waals surface area contributed by atoms with Crippen LogP contribution in [0.3, 0.4) is 0 Å². The molecule has 0 aromatic carbocycles. The molecular formula is C12H14ClN3O4. The zero-order valence-electron chi connectivity index (χ0n) is 10.7. The van der Waals surface area contributed by atoms with E-state index in [9.17, 15) is 15.0 Å². The quantitative estimate of drug-likeness (QED) is 0.477. The Morgan fingerprint density at radius 1 is 1.75 bits per heavy atom. The predicted molar refractivity (Wildman–Crippen MR) is 72.1 cm³/mol. The summed E-state index contributed by atoms with van der Waals surface area (Å²) in [7, 11) is 0. The van der Waals surface area contributed by atoms with Gasteiger partial charge in [-0.25, -0.2) is 4.79 Å². The van der Waals surface area contributed by atoms with E-state index in [0.717, 1.165) is 4.57 Å². The van der Waals surface area contributed by atoms with E-state index >= 15 is 0 Å². The van der Waals surface area contributed by atoms with Gasteiger partial charge in [-0.1, -0.05) is 17.5 Å². The fraction of sp³-hybridized carbons (Fsp3) is 0.500. The van der Waals surface area contributed by atoms with Gasteiger partial charge in [0, 0.05) is 5.69 Å². The van der Waals surface area contributed by atoms with Gasteiger partial charge in [-0.3, -0.25) is 4.57 Å². The first-order valence-corrected chi connectivity index (χ1v) is 6.19. The number of aromatic nitrogens is 2. The molecule has 0 spiro atoms. The zero-order valence-corrected chi connectivity index (χ0v) is 11.4. The highest BCUT2D eigenvalue weighted by molar-refractivity contribution is 6.27. The summed E-state index contributed by atoms with van der Waals surface area (Å²) in [6.07, 6.45) is 1.90. The molecule has 1 unspecified atom stereocenters. The molecular weight excluding hydrogens is 286 g/mol. The molecule has 0 bridgehead atoms. The summed E-state index contributed by atoms with van der Waals surface area (Å²) in [6, 6.07) is 1.46. The zero-order chi connectivity index (χ0) is 15.1. The molecule has 4 N–H and O–H groups in total. The van der Waals surface area contributed by atoms with Gasteiger partial charge in [-0.2, -0.15) is 4.98 Å². The number of nitrogens with zero attached hydrogens (tertiary/aromatic N) is 2. The normalized spacial score (nSPS) is 33.0. The van der Waals surface area contributed by atoms with Gasteiger partial charge in [0.05, 0.1) is 6.61 Å². The van der Waals surface area contributed by atoms with Crippen molar-refractivity contribution < 1.29 is 14.9 Å². The maximum atomic E-state index is 12.0. The molecule has 1 aromatic heterocycles. The van der Waals surface area contributed by atoms with Crippen LogP contribution < -0.4 is 11.4 Å². The number of ether oxygens (including phenoxy) is 1. The Labute approximate surface area is 120 Å². The van der Waals surface area contributed by atoms with Gasteiger partial charge in [0.2, 0.25) is 0 Å². The standard InChI is InChI=1S/C12H14ClN3O4/c1-3-12(13)9(18)7(5-17)20-10(12)16-6(2)4-8(14)15-11(16)19/h1,4,7,9-10,17-18H,5H2,2H3,(H2,14,15,19)/t7-,9?,10-,12-/m1/s1. The summed E-state index contributed by atoms with van der Waals surface area (Å²) in [6.45, 7) is 1.12. The number of rotatable bonds is 2. The number of nitrogens with two attached hydrogens (primary N) is 1. The molecule has 1 aliphatic heterocycles. The summed E-state index contributed by atoms with van der Waals surface area (Å²) < 4.78 is 6.54. The van der Waals surface area contributed by atoms with Gasteiger partial charge in [0.15, 0.2) is 11.1 Å². The van der Waals surface area contributed by atoms with Crippen molar-refractivity contribution in [3.8, 4) is 12.3 Å². The summed E-state index contributed by atoms with van der Waals surface area (Å²) in [5.41, 5.74) is 5.21. The van der Waals surface area contributed by atoms with Gasteiger partial charge in [-0.05, 0) is 13.0 Å². The minimum absolute atomic E-state index is 0.0573. The molecule has 0 saturated carbocycles. The van der Waals surface area contributed by atoms with E-state index in [1.165, 1.54) is 6.07 Å². The Bertz CT molecular complexity index is 626. The number of halogens is 1. The van der Waals surface area contributed by atoms with Crippen LogP contribution in [0.25, 0.3) is 0 Å². The van der Waals surface area contributed by atoms with E-state index in [2.05, 4.69) is 10.9 Å². The van der Waals surface area contributed by atoms with Crippen LogP contribution in [0.2, 0.25) is 0 Å². The molecule has 20 heavy (non-hydrogen) atoms. The molecule has 108 valence electrons. The van der Waals surface area contributed by atoms with Gasteiger partial charge in [0.25, 0.3) is 0 Å². The van der Waals surface area contributed by atoms with Crippen molar-refractivity contribution in [1.29, 1.82) is 0 Å². The lowest BCUT2D eigenvalue weighted by Crippen LogP contribution is -2.44. The van der Waals surface area contributed by atoms with Crippen molar-refractivity contribution in [2.24, 2.45) is 0 Å². The second kappa shape index (κ2) is 5.07. The van der Waals surface area contributed by atoms with Crippen LogP contribution >= 0.6 is 11.6 Å². The fourth-order valence-electron chi connectivity index (χ4n) is 2.22. The Balaban J connectivity index is 2.58. The van der Waals surface area contributed by atoms with Crippen molar-refractivity contribution in [3.05, 3.63) is 22.2 Å². The van der Waals surface area contributed by atoms with E-state index in [-0.39, 0.29) is 5.82 Å². The van der Waals surface area contributed by atoms with Crippen molar-refractivity contribution in [2.75, 3.05) is 12.3 Å². The van der Waals surface area contributed by atoms with Crippen molar-refractivity contribution in [2.45, 2.75) is 30.2 Å². The summed E-state index contributed by atoms with van der Waals surface area (Å²) in [4.78, 5) is 13.9. The van der Waals surface area contributed by atoms with E-state index < -0.39 is 35.6 Å². The summed E-state index contributed by atoms with van der Waals surface area (Å²) >= 11 is 6.22. The van der Waals surface area contributed by atoms with Crippen LogP contribution in [0.5, 0.6) is 0 Å². The van der Waals surface area contributed by atoms with Gasteiger partial charge >= 0.3 is 5.69 Å². The first-order valence-electron chi connectivity index (χ1n) is 5.82. The minimum Gasteiger partial charge on any atom is -0.394 e. The summed E-state index contributed by atoms with van der Waals surface area (Å²) in [5.74, 6) is 2.29. The van der Waals surface area contributed by atoms with Crippen molar-refractivity contribution in [1.82, 2.24) is 9.55 Å². The van der Waals surface area contributed by atoms with Gasteiger partial charge in [0.1, 0.15) is 18.0 Å². The van der Waals surface area contributed by atoms with Gasteiger partial charge in [-0.15, -0.1) is 6.42 Å². The molecule has 8 heteroatoms. The number of anilines is 1. The lowest BCUT2D eigenvalue weighted by atomic mass is 9.99. The number of aliphatic hydroxyl groups is 2. The molecule has 1 saturated heterocycles. The van der Waals surface area contributed by atoms with E-state index in [1.807, 2.05) is 0 Å². The number of terminal acetylenes is 1. The molecule has 2 heterocycles. The third kappa shape index (κ3) is 2.07. The van der Waals surface area contributed by atoms with E-state index in [0.29, 0.717) is 5.69 Å². The third-order valence-corrected chi connectivity index (χ3v) is 3.77. The molecule has 1 fully saturated rings. The number of hydrogen-bond donors (Lipinski definition) is 3. The van der Waals surface area contributed by atoms with Crippen molar-refractivity contribution in [3.63, 3.8) is 0 Å². The molecule has 0 aliphatic carbocycles. The van der Waals surface area contributed by atoms with Crippen LogP contribution in [0.15, 0.2) is 10.9 Å². The van der Waals surface area contributed by atoms with Crippen molar-refractivity contribution >= 4 is 17.4 Å². The second-order valence-corrected chi connectivity index (χ2v) is 5.17. The summed E-state index contributed by atoms with van der Waals surface area (Å²) in [5, 5.41) is 19.2. The average molecular weight is 300 g/mol. The monoisotopic (exact) mass is 299 g/mol. The predicted octanol–water partition coefficient (Wildman–Crippen LogP) is -1.00. The minimum atomic E-state index is -1.68. The molecule has 0 radical (unpaired) electrons. The van der Waals surface area contributed by atoms with Crippen LogP contribution in [0.4, 0.5) is 5.82 Å². The van der Waals surface area contributed by atoms with Gasteiger partial charge < -0.3 is 20.7 Å². The first kappa shape index (κ1) is 14.8. The lowest BCUT2D eigenvalue weighted by molar-refractivity contribution is -0.0470. The largest absolute Gasteiger partial charge is 0.394 e. The molecule has 4 atom stereocenters. The first-order chi connectivity index (χ1) is 9.35. The maximum Gasteiger partial charge on any atom is 0.351 e. The maximum absolute atomic E-state index is 12.0. The topological polar surface area (TPSA) is 111 Å². The molecule has 2 rings (SSSR count). The van der Waals surface area contributed by atoms with Crippen LogP contribution in [0, 0.1) is 19.3 Å². The smallest absolute Gasteiger partial charge is 0.351 e. The highest BCUT2D eigenvalue weighted by atomic mass is 35.5. The highest BCUT2D eigenvalue weighted by Crippen LogP contribution is 2.42. The van der Waals surface area contributed by atoms with Crippen LogP contribution in [-0.2, 0) is 4.74 Å². The van der Waals surface area contributed by atoms with Crippen LogP contribution in [0.1, 0.15) is 11.9 Å². The lowest BCUT2D eigenvalue weighted by Gasteiger charge is -2.26. The SMILES string of the molecule is C#C[C@@]1(Cl)C(O)[C@@H](CO)O[C@H]1n1c(C)cc(N)nc1=O.